The van der Waals surface area contributed by atoms with Crippen molar-refractivity contribution in [1.82, 2.24) is 29.4 Å². The van der Waals surface area contributed by atoms with E-state index in [4.69, 9.17) is 5.26 Å². The second-order valence-electron chi connectivity index (χ2n) is 8.48. The molecule has 2 amide bonds. The van der Waals surface area contributed by atoms with Gasteiger partial charge in [0.15, 0.2) is 5.65 Å². The van der Waals surface area contributed by atoms with Crippen molar-refractivity contribution in [3.05, 3.63) is 71.4 Å². The number of nitriles is 1. The Bertz CT molecular complexity index is 1410. The maximum Gasteiger partial charge on any atom is 0.258 e. The Labute approximate surface area is 201 Å². The maximum absolute atomic E-state index is 13.0. The molecule has 1 aliphatic heterocycles. The van der Waals surface area contributed by atoms with E-state index >= 15 is 0 Å². The van der Waals surface area contributed by atoms with Crippen molar-refractivity contribution in [2.45, 2.75) is 32.2 Å². The van der Waals surface area contributed by atoms with Gasteiger partial charge in [0.05, 0.1) is 23.5 Å². The van der Waals surface area contributed by atoms with E-state index in [-0.39, 0.29) is 11.8 Å². The summed E-state index contributed by atoms with van der Waals surface area (Å²) in [5.74, 6) is -0.114. The number of imidazole rings is 2. The number of pyridine rings is 1. The van der Waals surface area contributed by atoms with Gasteiger partial charge in [-0.25, -0.2) is 15.0 Å². The van der Waals surface area contributed by atoms with Gasteiger partial charge in [0.2, 0.25) is 5.95 Å². The molecule has 1 saturated heterocycles. The smallest absolute Gasteiger partial charge is 0.258 e. The van der Waals surface area contributed by atoms with Gasteiger partial charge in [0.25, 0.3) is 11.8 Å². The highest BCUT2D eigenvalue weighted by molar-refractivity contribution is 6.04. The highest BCUT2D eigenvalue weighted by atomic mass is 16.2. The molecule has 0 radical (unpaired) electrons. The lowest BCUT2D eigenvalue weighted by Gasteiger charge is -2.26. The fourth-order valence-electron chi connectivity index (χ4n) is 4.27. The first-order valence-electron chi connectivity index (χ1n) is 11.6. The van der Waals surface area contributed by atoms with Gasteiger partial charge in [-0.2, -0.15) is 5.26 Å². The number of amides is 2. The van der Waals surface area contributed by atoms with Crippen LogP contribution in [-0.4, -0.2) is 54.3 Å². The molecule has 5 rings (SSSR count). The van der Waals surface area contributed by atoms with E-state index in [1.54, 1.807) is 43.0 Å². The summed E-state index contributed by atoms with van der Waals surface area (Å²) in [7, 11) is 0. The molecular formula is C25H24N8O2. The van der Waals surface area contributed by atoms with Crippen molar-refractivity contribution in [2.75, 3.05) is 18.4 Å². The van der Waals surface area contributed by atoms with E-state index in [1.165, 1.54) is 6.07 Å². The molecule has 4 aromatic rings. The number of likely N-dealkylation sites (tertiary alicyclic amines) is 1. The molecule has 1 fully saturated rings. The molecule has 35 heavy (non-hydrogen) atoms. The topological polar surface area (TPSA) is 133 Å². The van der Waals surface area contributed by atoms with E-state index in [0.29, 0.717) is 46.8 Å². The van der Waals surface area contributed by atoms with Crippen LogP contribution in [0.15, 0.2) is 49.1 Å². The summed E-state index contributed by atoms with van der Waals surface area (Å²) in [4.78, 5) is 44.1. The Hall–Kier alpha value is -4.52. The second kappa shape index (κ2) is 9.77. The summed E-state index contributed by atoms with van der Waals surface area (Å²) in [6.07, 6.45) is 8.71. The van der Waals surface area contributed by atoms with Crippen LogP contribution in [-0.2, 0) is 13.0 Å². The molecule has 3 aromatic heterocycles. The minimum absolute atomic E-state index is 0.0509. The maximum atomic E-state index is 13.0. The highest BCUT2D eigenvalue weighted by Gasteiger charge is 2.21. The minimum atomic E-state index is -0.384. The Morgan fingerprint density at radius 2 is 1.97 bits per heavy atom. The molecule has 0 atom stereocenters. The van der Waals surface area contributed by atoms with Crippen LogP contribution in [0.25, 0.3) is 11.2 Å². The number of aromatic amines is 1. The Balaban J connectivity index is 1.47. The molecule has 176 valence electrons. The molecule has 10 nitrogen and oxygen atoms in total. The van der Waals surface area contributed by atoms with E-state index < -0.39 is 0 Å². The summed E-state index contributed by atoms with van der Waals surface area (Å²) in [5, 5.41) is 12.0. The van der Waals surface area contributed by atoms with Gasteiger partial charge in [-0.15, -0.1) is 0 Å². The summed E-state index contributed by atoms with van der Waals surface area (Å²) >= 11 is 0. The number of carbonyl (C=O) groups excluding carboxylic acids is 2. The largest absolute Gasteiger partial charge is 0.348 e. The van der Waals surface area contributed by atoms with Crippen molar-refractivity contribution in [3.63, 3.8) is 0 Å². The molecular weight excluding hydrogens is 444 g/mol. The lowest BCUT2D eigenvalue weighted by atomic mass is 10.1. The first-order chi connectivity index (χ1) is 17.1. The number of nitrogens with zero attached hydrogens (tertiary/aromatic N) is 6. The third-order valence-corrected chi connectivity index (χ3v) is 6.11. The van der Waals surface area contributed by atoms with Crippen LogP contribution in [0.4, 0.5) is 5.95 Å². The van der Waals surface area contributed by atoms with Crippen LogP contribution in [0.1, 0.15) is 51.2 Å². The second-order valence-corrected chi connectivity index (χ2v) is 8.48. The van der Waals surface area contributed by atoms with Gasteiger partial charge in [-0.05, 0) is 43.5 Å². The number of aryl methyl sites for hydroxylation is 2. The fourth-order valence-corrected chi connectivity index (χ4v) is 4.27. The molecule has 0 saturated carbocycles. The average molecular weight is 469 g/mol. The number of hydrogen-bond donors (Lipinski definition) is 2. The standard InChI is InChI=1S/C25H24N8O2/c26-13-17-5-4-6-18(11-17)23(34)31-25-30-21-12-19(24(35)32-8-2-1-3-9-32)14-28-22(21)33(25)10-7-20-15-27-16-29-20/h4-6,11-12,14-16H,1-3,7-10H2,(H,27,29)(H,30,31,34). The molecule has 4 heterocycles. The minimum Gasteiger partial charge on any atom is -0.348 e. The number of aromatic nitrogens is 5. The van der Waals surface area contributed by atoms with Crippen LogP contribution >= 0.6 is 0 Å². The van der Waals surface area contributed by atoms with E-state index in [9.17, 15) is 9.59 Å². The van der Waals surface area contributed by atoms with E-state index in [1.807, 2.05) is 15.5 Å². The molecule has 0 bridgehead atoms. The molecule has 1 aromatic carbocycles. The Kier molecular flexibility index (Phi) is 6.22. The van der Waals surface area contributed by atoms with Crippen LogP contribution in [0.2, 0.25) is 0 Å². The number of piperidine rings is 1. The number of anilines is 1. The molecule has 10 heteroatoms. The summed E-state index contributed by atoms with van der Waals surface area (Å²) in [6, 6.07) is 10.2. The first-order valence-corrected chi connectivity index (χ1v) is 11.6. The Morgan fingerprint density at radius 1 is 1.11 bits per heavy atom. The zero-order valence-corrected chi connectivity index (χ0v) is 19.1. The van der Waals surface area contributed by atoms with Gasteiger partial charge in [-0.1, -0.05) is 6.07 Å². The van der Waals surface area contributed by atoms with Crippen molar-refractivity contribution in [2.24, 2.45) is 0 Å². The third-order valence-electron chi connectivity index (χ3n) is 6.11. The van der Waals surface area contributed by atoms with Crippen LogP contribution in [0.5, 0.6) is 0 Å². The molecule has 1 aliphatic rings. The number of carbonyl (C=O) groups is 2. The predicted octanol–water partition coefficient (Wildman–Crippen LogP) is 3.15. The summed E-state index contributed by atoms with van der Waals surface area (Å²) in [6.45, 7) is 1.98. The normalized spacial score (nSPS) is 13.5. The van der Waals surface area contributed by atoms with Gasteiger partial charge in [0.1, 0.15) is 5.52 Å². The molecule has 2 N–H and O–H groups in total. The van der Waals surface area contributed by atoms with Crippen LogP contribution in [0.3, 0.4) is 0 Å². The Morgan fingerprint density at radius 3 is 2.74 bits per heavy atom. The molecule has 0 unspecified atom stereocenters. The monoisotopic (exact) mass is 468 g/mol. The third kappa shape index (κ3) is 4.75. The van der Waals surface area contributed by atoms with Gasteiger partial charge in [0, 0.05) is 49.7 Å². The summed E-state index contributed by atoms with van der Waals surface area (Å²) in [5.41, 5.74) is 3.26. The number of fused-ring (bicyclic) bond motifs is 1. The van der Waals surface area contributed by atoms with Crippen molar-refractivity contribution in [3.8, 4) is 6.07 Å². The number of benzene rings is 1. The van der Waals surface area contributed by atoms with Gasteiger partial charge in [-0.3, -0.25) is 19.5 Å². The average Bonchev–Trinajstić information content (AvgIpc) is 3.54. The number of H-pyrrole nitrogens is 1. The summed E-state index contributed by atoms with van der Waals surface area (Å²) < 4.78 is 1.82. The number of hydrogen-bond acceptors (Lipinski definition) is 6. The van der Waals surface area contributed by atoms with Gasteiger partial charge < -0.3 is 9.88 Å². The SMILES string of the molecule is N#Cc1cccc(C(=O)Nc2nc3cc(C(=O)N4CCCCC4)cnc3n2CCc2cnc[nH]2)c1. The lowest BCUT2D eigenvalue weighted by molar-refractivity contribution is 0.0724. The predicted molar refractivity (Wildman–Crippen MR) is 129 cm³/mol. The van der Waals surface area contributed by atoms with E-state index in [0.717, 1.165) is 38.0 Å². The molecule has 0 spiro atoms. The number of rotatable bonds is 6. The molecule has 0 aliphatic carbocycles. The zero-order chi connectivity index (χ0) is 24.2. The van der Waals surface area contributed by atoms with Crippen LogP contribution < -0.4 is 5.32 Å². The number of nitrogens with one attached hydrogen (secondary N) is 2. The first kappa shape index (κ1) is 22.3. The lowest BCUT2D eigenvalue weighted by Crippen LogP contribution is -2.35. The van der Waals surface area contributed by atoms with Crippen molar-refractivity contribution >= 4 is 28.9 Å². The highest BCUT2D eigenvalue weighted by Crippen LogP contribution is 2.22. The van der Waals surface area contributed by atoms with Crippen molar-refractivity contribution < 1.29 is 9.59 Å². The van der Waals surface area contributed by atoms with E-state index in [2.05, 4.69) is 25.3 Å². The van der Waals surface area contributed by atoms with Gasteiger partial charge >= 0.3 is 0 Å². The quantitative estimate of drug-likeness (QED) is 0.447. The van der Waals surface area contributed by atoms with Crippen molar-refractivity contribution in [1.29, 1.82) is 5.26 Å². The van der Waals surface area contributed by atoms with Crippen LogP contribution in [0, 0.1) is 11.3 Å². The zero-order valence-electron chi connectivity index (χ0n) is 19.1. The fraction of sp³-hybridized carbons (Fsp3) is 0.280.